The second kappa shape index (κ2) is 3.86. The van der Waals surface area contributed by atoms with Crippen molar-refractivity contribution in [1.29, 1.82) is 0 Å². The van der Waals surface area contributed by atoms with Gasteiger partial charge in [0.15, 0.2) is 0 Å². The minimum atomic E-state index is -0.657. The Bertz CT molecular complexity index is 328. The van der Waals surface area contributed by atoms with E-state index in [1.54, 1.807) is 0 Å². The minimum absolute atomic E-state index is 0.166. The van der Waals surface area contributed by atoms with Crippen LogP contribution >= 0.6 is 0 Å². The number of carbonyl (C=O) groups excluding carboxylic acids is 1. The summed E-state index contributed by atoms with van der Waals surface area (Å²) in [6.07, 6.45) is 0. The van der Waals surface area contributed by atoms with Crippen molar-refractivity contribution in [3.63, 3.8) is 0 Å². The molecule has 0 aromatic heterocycles. The summed E-state index contributed by atoms with van der Waals surface area (Å²) in [4.78, 5) is 10.7. The van der Waals surface area contributed by atoms with Crippen LogP contribution in [0.2, 0.25) is 0 Å². The maximum Gasteiger partial charge on any atom is 0.250 e. The lowest BCUT2D eigenvalue weighted by Crippen LogP contribution is -2.16. The molecule has 1 aromatic rings. The highest BCUT2D eigenvalue weighted by Gasteiger charge is 2.04. The maximum atomic E-state index is 12.6. The molecule has 1 rings (SSSR count). The number of amides is 1. The Kier molecular flexibility index (Phi) is 2.81. The first-order valence-electron chi connectivity index (χ1n) is 3.59. The third-order valence-corrected chi connectivity index (χ3v) is 1.43. The molecule has 0 aliphatic heterocycles. The van der Waals surface area contributed by atoms with Gasteiger partial charge in [-0.05, 0) is 18.2 Å². The van der Waals surface area contributed by atoms with Crippen molar-refractivity contribution in [2.75, 3.05) is 17.7 Å². The van der Waals surface area contributed by atoms with Gasteiger partial charge >= 0.3 is 0 Å². The molecular weight excluding hydrogens is 175 g/mol. The van der Waals surface area contributed by atoms with Crippen LogP contribution in [-0.4, -0.2) is 17.6 Å². The van der Waals surface area contributed by atoms with Crippen LogP contribution in [0.25, 0.3) is 0 Å². The first-order chi connectivity index (χ1) is 6.13. The van der Waals surface area contributed by atoms with E-state index in [4.69, 9.17) is 10.8 Å². The predicted molar refractivity (Wildman–Crippen MR) is 46.5 cm³/mol. The standard InChI is InChI=1S/C8H9FN2O2/c9-5-1-2-6(10)7(3-5)11-8(13)4-12/h1-3,12H,4,10H2,(H,11,13). The molecule has 0 bridgehead atoms. The van der Waals surface area contributed by atoms with Crippen molar-refractivity contribution >= 4 is 17.3 Å². The molecule has 0 saturated carbocycles. The first-order valence-corrected chi connectivity index (χ1v) is 3.59. The van der Waals surface area contributed by atoms with Crippen LogP contribution in [0.5, 0.6) is 0 Å². The zero-order chi connectivity index (χ0) is 9.84. The van der Waals surface area contributed by atoms with Gasteiger partial charge in [0.1, 0.15) is 12.4 Å². The fourth-order valence-corrected chi connectivity index (χ4v) is 0.826. The number of nitrogen functional groups attached to an aromatic ring is 1. The highest BCUT2D eigenvalue weighted by molar-refractivity contribution is 5.94. The van der Waals surface area contributed by atoms with Crippen LogP contribution in [0.4, 0.5) is 15.8 Å². The number of hydrogen-bond acceptors (Lipinski definition) is 3. The number of benzene rings is 1. The number of rotatable bonds is 2. The number of hydrogen-bond donors (Lipinski definition) is 3. The normalized spacial score (nSPS) is 9.69. The molecule has 13 heavy (non-hydrogen) atoms. The van der Waals surface area contributed by atoms with E-state index < -0.39 is 18.3 Å². The third-order valence-electron chi connectivity index (χ3n) is 1.43. The van der Waals surface area contributed by atoms with Crippen molar-refractivity contribution in [3.05, 3.63) is 24.0 Å². The number of nitrogens with one attached hydrogen (secondary N) is 1. The van der Waals surface area contributed by atoms with Gasteiger partial charge < -0.3 is 16.2 Å². The number of nitrogens with two attached hydrogens (primary N) is 1. The number of anilines is 2. The SMILES string of the molecule is Nc1ccc(F)cc1NC(=O)CO. The second-order valence-corrected chi connectivity index (χ2v) is 2.44. The van der Waals surface area contributed by atoms with Gasteiger partial charge in [0.05, 0.1) is 11.4 Å². The van der Waals surface area contributed by atoms with Crippen LogP contribution < -0.4 is 11.1 Å². The Balaban J connectivity index is 2.87. The van der Waals surface area contributed by atoms with Crippen LogP contribution in [0.3, 0.4) is 0 Å². The molecule has 4 N–H and O–H groups in total. The van der Waals surface area contributed by atoms with Crippen molar-refractivity contribution < 1.29 is 14.3 Å². The van der Waals surface area contributed by atoms with E-state index in [2.05, 4.69) is 5.32 Å². The van der Waals surface area contributed by atoms with Crippen molar-refractivity contribution in [1.82, 2.24) is 0 Å². The van der Waals surface area contributed by atoms with Gasteiger partial charge in [-0.25, -0.2) is 4.39 Å². The topological polar surface area (TPSA) is 75.3 Å². The zero-order valence-corrected chi connectivity index (χ0v) is 6.75. The maximum absolute atomic E-state index is 12.6. The van der Waals surface area contributed by atoms with Gasteiger partial charge in [-0.15, -0.1) is 0 Å². The van der Waals surface area contributed by atoms with Gasteiger partial charge in [0, 0.05) is 0 Å². The molecule has 0 aliphatic rings. The number of halogens is 1. The molecule has 0 radical (unpaired) electrons. The molecule has 0 saturated heterocycles. The fraction of sp³-hybridized carbons (Fsp3) is 0.125. The predicted octanol–water partition coefficient (Wildman–Crippen LogP) is 0.339. The zero-order valence-electron chi connectivity index (χ0n) is 6.75. The lowest BCUT2D eigenvalue weighted by atomic mass is 10.2. The van der Waals surface area contributed by atoms with Crippen molar-refractivity contribution in [2.45, 2.75) is 0 Å². The van der Waals surface area contributed by atoms with Gasteiger partial charge in [-0.3, -0.25) is 4.79 Å². The highest BCUT2D eigenvalue weighted by Crippen LogP contribution is 2.18. The molecule has 5 heteroatoms. The van der Waals surface area contributed by atoms with E-state index in [1.807, 2.05) is 0 Å². The van der Waals surface area contributed by atoms with E-state index in [0.717, 1.165) is 6.07 Å². The summed E-state index contributed by atoms with van der Waals surface area (Å²) < 4.78 is 12.6. The summed E-state index contributed by atoms with van der Waals surface area (Å²) in [7, 11) is 0. The minimum Gasteiger partial charge on any atom is -0.397 e. The Morgan fingerprint density at radius 3 is 2.92 bits per heavy atom. The first kappa shape index (κ1) is 9.47. The van der Waals surface area contributed by atoms with Crippen LogP contribution in [-0.2, 0) is 4.79 Å². The molecular formula is C8H9FN2O2. The van der Waals surface area contributed by atoms with E-state index in [-0.39, 0.29) is 11.4 Å². The largest absolute Gasteiger partial charge is 0.397 e. The molecule has 0 aliphatic carbocycles. The second-order valence-electron chi connectivity index (χ2n) is 2.44. The van der Waals surface area contributed by atoms with E-state index in [1.165, 1.54) is 12.1 Å². The van der Waals surface area contributed by atoms with Crippen molar-refractivity contribution in [2.24, 2.45) is 0 Å². The average Bonchev–Trinajstić information content (AvgIpc) is 2.11. The molecule has 70 valence electrons. The Morgan fingerprint density at radius 2 is 2.31 bits per heavy atom. The molecule has 0 atom stereocenters. The van der Waals surface area contributed by atoms with Gasteiger partial charge in [0.25, 0.3) is 0 Å². The van der Waals surface area contributed by atoms with Crippen LogP contribution in [0, 0.1) is 5.82 Å². The molecule has 0 spiro atoms. The molecule has 1 amide bonds. The summed E-state index contributed by atoms with van der Waals surface area (Å²) in [5.74, 6) is -1.13. The molecule has 0 fully saturated rings. The molecule has 0 heterocycles. The van der Waals surface area contributed by atoms with Gasteiger partial charge in [0.2, 0.25) is 5.91 Å². The lowest BCUT2D eigenvalue weighted by molar-refractivity contribution is -0.118. The quantitative estimate of drug-likeness (QED) is 0.580. The van der Waals surface area contributed by atoms with Gasteiger partial charge in [-0.2, -0.15) is 0 Å². The highest BCUT2D eigenvalue weighted by atomic mass is 19.1. The number of aliphatic hydroxyl groups excluding tert-OH is 1. The Hall–Kier alpha value is -1.62. The Morgan fingerprint density at radius 1 is 1.62 bits per heavy atom. The number of aliphatic hydroxyl groups is 1. The Labute approximate surface area is 74.2 Å². The molecule has 1 aromatic carbocycles. The molecule has 0 unspecified atom stereocenters. The average molecular weight is 184 g/mol. The van der Waals surface area contributed by atoms with E-state index in [9.17, 15) is 9.18 Å². The summed E-state index contributed by atoms with van der Waals surface area (Å²) in [6.45, 7) is -0.657. The summed E-state index contributed by atoms with van der Waals surface area (Å²) in [6, 6.07) is 3.61. The number of carbonyl (C=O) groups is 1. The van der Waals surface area contributed by atoms with Crippen molar-refractivity contribution in [3.8, 4) is 0 Å². The summed E-state index contributed by atoms with van der Waals surface area (Å²) in [5, 5.41) is 10.7. The molecule has 4 nitrogen and oxygen atoms in total. The van der Waals surface area contributed by atoms with Gasteiger partial charge in [-0.1, -0.05) is 0 Å². The van der Waals surface area contributed by atoms with E-state index >= 15 is 0 Å². The monoisotopic (exact) mass is 184 g/mol. The third kappa shape index (κ3) is 2.41. The van der Waals surface area contributed by atoms with Crippen LogP contribution in [0.1, 0.15) is 0 Å². The smallest absolute Gasteiger partial charge is 0.250 e. The fourth-order valence-electron chi connectivity index (χ4n) is 0.826. The van der Waals surface area contributed by atoms with Crippen LogP contribution in [0.15, 0.2) is 18.2 Å². The van der Waals surface area contributed by atoms with E-state index in [0.29, 0.717) is 0 Å². The lowest BCUT2D eigenvalue weighted by Gasteiger charge is -2.05. The summed E-state index contributed by atoms with van der Waals surface area (Å²) >= 11 is 0. The summed E-state index contributed by atoms with van der Waals surface area (Å²) in [5.41, 5.74) is 5.85.